The van der Waals surface area contributed by atoms with E-state index in [1.165, 1.54) is 0 Å². The minimum Gasteiger partial charge on any atom is -0.507 e. The number of carbonyl (C=O) groups excluding carboxylic acids is 1. The van der Waals surface area contributed by atoms with Crippen molar-refractivity contribution in [2.45, 2.75) is 6.92 Å². The standard InChI is InChI=1S/C24H19N3O3/c1-16(13-17-7-6-12-30-17)15-25-27-24(29)20-14-22(19-9-3-5-11-23(19)28)26-21-10-4-2-8-18(20)21/h2-15,28H,1H3,(H,27,29)/b16-13+,25-15-. The highest BCUT2D eigenvalue weighted by molar-refractivity contribution is 6.07. The van der Waals surface area contributed by atoms with Crippen molar-refractivity contribution in [2.75, 3.05) is 0 Å². The predicted molar refractivity (Wildman–Crippen MR) is 117 cm³/mol. The fourth-order valence-electron chi connectivity index (χ4n) is 3.08. The fourth-order valence-corrected chi connectivity index (χ4v) is 3.08. The molecule has 2 heterocycles. The Hall–Kier alpha value is -4.19. The van der Waals surface area contributed by atoms with Crippen LogP contribution in [0.15, 0.2) is 88.1 Å². The molecular weight excluding hydrogens is 378 g/mol. The number of pyridine rings is 1. The summed E-state index contributed by atoms with van der Waals surface area (Å²) in [4.78, 5) is 17.5. The lowest BCUT2D eigenvalue weighted by Gasteiger charge is -2.10. The number of hydrogen-bond donors (Lipinski definition) is 2. The number of amides is 1. The lowest BCUT2D eigenvalue weighted by molar-refractivity contribution is 0.0956. The van der Waals surface area contributed by atoms with Crippen molar-refractivity contribution >= 4 is 29.1 Å². The van der Waals surface area contributed by atoms with Crippen molar-refractivity contribution in [1.82, 2.24) is 10.4 Å². The van der Waals surface area contributed by atoms with E-state index in [2.05, 4.69) is 15.5 Å². The van der Waals surface area contributed by atoms with E-state index in [1.54, 1.807) is 42.8 Å². The summed E-state index contributed by atoms with van der Waals surface area (Å²) < 4.78 is 5.26. The van der Waals surface area contributed by atoms with Crippen molar-refractivity contribution in [3.63, 3.8) is 0 Å². The van der Waals surface area contributed by atoms with Crippen LogP contribution in [0.4, 0.5) is 0 Å². The Kier molecular flexibility index (Phi) is 5.39. The number of aromatic nitrogens is 1. The van der Waals surface area contributed by atoms with Crippen molar-refractivity contribution in [3.05, 3.63) is 89.9 Å². The zero-order chi connectivity index (χ0) is 20.9. The highest BCUT2D eigenvalue weighted by Gasteiger charge is 2.15. The summed E-state index contributed by atoms with van der Waals surface area (Å²) in [6.07, 6.45) is 4.95. The highest BCUT2D eigenvalue weighted by atomic mass is 16.3. The summed E-state index contributed by atoms with van der Waals surface area (Å²) in [7, 11) is 0. The molecule has 6 heteroatoms. The molecule has 0 aliphatic carbocycles. The van der Waals surface area contributed by atoms with Gasteiger partial charge in [-0.3, -0.25) is 4.79 Å². The van der Waals surface area contributed by atoms with Gasteiger partial charge in [0, 0.05) is 10.9 Å². The van der Waals surface area contributed by atoms with Gasteiger partial charge in [0.15, 0.2) is 0 Å². The maximum absolute atomic E-state index is 12.9. The maximum Gasteiger partial charge on any atom is 0.272 e. The average Bonchev–Trinajstić information content (AvgIpc) is 3.26. The molecule has 2 aromatic carbocycles. The van der Waals surface area contributed by atoms with Crippen LogP contribution in [0.25, 0.3) is 28.2 Å². The van der Waals surface area contributed by atoms with Gasteiger partial charge in [-0.05, 0) is 55.0 Å². The number of fused-ring (bicyclic) bond motifs is 1. The molecule has 0 saturated carbocycles. The molecule has 0 saturated heterocycles. The molecule has 0 bridgehead atoms. The van der Waals surface area contributed by atoms with E-state index in [-0.39, 0.29) is 11.7 Å². The lowest BCUT2D eigenvalue weighted by Crippen LogP contribution is -2.18. The third kappa shape index (κ3) is 4.12. The van der Waals surface area contributed by atoms with E-state index in [0.717, 1.165) is 5.57 Å². The van der Waals surface area contributed by atoms with Crippen LogP contribution in [-0.2, 0) is 0 Å². The van der Waals surface area contributed by atoms with Crippen molar-refractivity contribution in [2.24, 2.45) is 5.10 Å². The van der Waals surface area contributed by atoms with E-state index >= 15 is 0 Å². The number of phenolic OH excluding ortho intramolecular Hbond substituents is 1. The van der Waals surface area contributed by atoms with Crippen LogP contribution in [0, 0.1) is 0 Å². The number of aromatic hydroxyl groups is 1. The van der Waals surface area contributed by atoms with Crippen molar-refractivity contribution < 1.29 is 14.3 Å². The Labute approximate surface area is 173 Å². The van der Waals surface area contributed by atoms with Gasteiger partial charge in [-0.15, -0.1) is 0 Å². The molecule has 0 radical (unpaired) electrons. The number of hydrogen-bond acceptors (Lipinski definition) is 5. The minimum atomic E-state index is -0.368. The second-order valence-electron chi connectivity index (χ2n) is 6.69. The van der Waals surface area contributed by atoms with Crippen LogP contribution < -0.4 is 5.43 Å². The average molecular weight is 397 g/mol. The number of benzene rings is 2. The maximum atomic E-state index is 12.9. The first-order valence-electron chi connectivity index (χ1n) is 9.35. The number of furan rings is 1. The number of nitrogens with one attached hydrogen (secondary N) is 1. The Balaban J connectivity index is 1.65. The third-order valence-electron chi connectivity index (χ3n) is 4.49. The van der Waals surface area contributed by atoms with Crippen LogP contribution in [0.1, 0.15) is 23.0 Å². The van der Waals surface area contributed by atoms with Crippen LogP contribution in [0.3, 0.4) is 0 Å². The SMILES string of the molecule is CC(/C=N\NC(=O)c1cc(-c2ccccc2O)nc2ccccc12)=C\c1ccco1. The second kappa shape index (κ2) is 8.45. The fraction of sp³-hybridized carbons (Fsp3) is 0.0417. The van der Waals surface area contributed by atoms with Gasteiger partial charge in [-0.25, -0.2) is 10.4 Å². The molecule has 2 N–H and O–H groups in total. The van der Waals surface area contributed by atoms with Gasteiger partial charge in [0.05, 0.1) is 29.3 Å². The van der Waals surface area contributed by atoms with E-state index in [4.69, 9.17) is 4.42 Å². The topological polar surface area (TPSA) is 87.7 Å². The van der Waals surface area contributed by atoms with Gasteiger partial charge >= 0.3 is 0 Å². The number of nitrogens with zero attached hydrogens (tertiary/aromatic N) is 2. The Morgan fingerprint density at radius 1 is 1.10 bits per heavy atom. The largest absolute Gasteiger partial charge is 0.507 e. The molecule has 2 aromatic heterocycles. The summed E-state index contributed by atoms with van der Waals surface area (Å²) >= 11 is 0. The first-order valence-corrected chi connectivity index (χ1v) is 9.35. The summed E-state index contributed by atoms with van der Waals surface area (Å²) in [6.45, 7) is 1.86. The van der Waals surface area contributed by atoms with Crippen LogP contribution >= 0.6 is 0 Å². The van der Waals surface area contributed by atoms with Crippen molar-refractivity contribution in [1.29, 1.82) is 0 Å². The van der Waals surface area contributed by atoms with Crippen molar-refractivity contribution in [3.8, 4) is 17.0 Å². The van der Waals surface area contributed by atoms with Gasteiger partial charge in [0.25, 0.3) is 5.91 Å². The summed E-state index contributed by atoms with van der Waals surface area (Å²) in [5.41, 5.74) is 5.52. The van der Waals surface area contributed by atoms with E-state index in [9.17, 15) is 9.90 Å². The molecule has 0 aliphatic rings. The smallest absolute Gasteiger partial charge is 0.272 e. The molecular formula is C24H19N3O3. The second-order valence-corrected chi connectivity index (χ2v) is 6.69. The number of phenols is 1. The minimum absolute atomic E-state index is 0.100. The van der Waals surface area contributed by atoms with Crippen LogP contribution in [0.5, 0.6) is 5.75 Å². The molecule has 0 aliphatic heterocycles. The quantitative estimate of drug-likeness (QED) is 0.366. The summed E-state index contributed by atoms with van der Waals surface area (Å²) in [6, 6.07) is 19.5. The Morgan fingerprint density at radius 3 is 2.70 bits per heavy atom. The highest BCUT2D eigenvalue weighted by Crippen LogP contribution is 2.30. The first-order chi connectivity index (χ1) is 14.6. The zero-order valence-corrected chi connectivity index (χ0v) is 16.2. The predicted octanol–water partition coefficient (Wildman–Crippen LogP) is 5.02. The van der Waals surface area contributed by atoms with E-state index in [1.807, 2.05) is 49.4 Å². The van der Waals surface area contributed by atoms with Crippen LogP contribution in [0.2, 0.25) is 0 Å². The number of allylic oxidation sites excluding steroid dienone is 1. The number of rotatable bonds is 5. The Bertz CT molecular complexity index is 1260. The van der Waals surface area contributed by atoms with Gasteiger partial charge < -0.3 is 9.52 Å². The molecule has 1 amide bonds. The third-order valence-corrected chi connectivity index (χ3v) is 4.49. The normalized spacial score (nSPS) is 11.8. The summed E-state index contributed by atoms with van der Waals surface area (Å²) in [5.74, 6) is 0.438. The molecule has 0 unspecified atom stereocenters. The van der Waals surface area contributed by atoms with E-state index in [0.29, 0.717) is 33.5 Å². The van der Waals surface area contributed by atoms with Gasteiger partial charge in [0.2, 0.25) is 0 Å². The molecule has 0 spiro atoms. The molecule has 4 aromatic rings. The van der Waals surface area contributed by atoms with Crippen LogP contribution in [-0.4, -0.2) is 22.2 Å². The lowest BCUT2D eigenvalue weighted by atomic mass is 10.0. The number of para-hydroxylation sites is 2. The molecule has 4 rings (SSSR count). The molecule has 148 valence electrons. The van der Waals surface area contributed by atoms with Gasteiger partial charge in [-0.2, -0.15) is 5.10 Å². The molecule has 0 atom stereocenters. The van der Waals surface area contributed by atoms with Gasteiger partial charge in [0.1, 0.15) is 11.5 Å². The molecule has 6 nitrogen and oxygen atoms in total. The summed E-state index contributed by atoms with van der Waals surface area (Å²) in [5, 5.41) is 14.9. The molecule has 0 fully saturated rings. The zero-order valence-electron chi connectivity index (χ0n) is 16.2. The molecule has 30 heavy (non-hydrogen) atoms. The Morgan fingerprint density at radius 2 is 1.90 bits per heavy atom. The monoisotopic (exact) mass is 397 g/mol. The number of carbonyl (C=O) groups is 1. The van der Waals surface area contributed by atoms with Gasteiger partial charge in [-0.1, -0.05) is 30.3 Å². The number of hydrazone groups is 1. The first kappa shape index (κ1) is 19.1. The van der Waals surface area contributed by atoms with E-state index < -0.39 is 0 Å².